The Hall–Kier alpha value is -1.94. The van der Waals surface area contributed by atoms with Crippen LogP contribution in [0.1, 0.15) is 459 Å². The Labute approximate surface area is 645 Å². The average Bonchev–Trinajstić information content (AvgIpc) is 0.903. The van der Waals surface area contributed by atoms with Crippen molar-refractivity contribution >= 4 is 39.5 Å². The zero-order valence-electron chi connectivity index (χ0n) is 69.0. The zero-order valence-corrected chi connectivity index (χ0v) is 70.8. The third kappa shape index (κ3) is 78.5. The quantitative estimate of drug-likeness (QED) is 0.0222. The van der Waals surface area contributed by atoms with Gasteiger partial charge in [0.05, 0.1) is 26.4 Å². The molecule has 0 aromatic carbocycles. The van der Waals surface area contributed by atoms with E-state index in [1.54, 1.807) is 0 Å². The molecule has 0 fully saturated rings. The van der Waals surface area contributed by atoms with Crippen molar-refractivity contribution in [1.29, 1.82) is 0 Å². The summed E-state index contributed by atoms with van der Waals surface area (Å²) in [6.45, 7) is 9.73. The predicted octanol–water partition coefficient (Wildman–Crippen LogP) is 26.2. The second kappa shape index (κ2) is 77.4. The highest BCUT2D eigenvalue weighted by Gasteiger charge is 2.30. The van der Waals surface area contributed by atoms with Crippen LogP contribution in [-0.4, -0.2) is 96.7 Å². The first-order chi connectivity index (χ1) is 50.9. The molecule has 0 amide bonds. The number of unbranched alkanes of at least 4 members (excludes halogenated alkanes) is 54. The van der Waals surface area contributed by atoms with Crippen molar-refractivity contribution in [2.75, 3.05) is 39.6 Å². The molecule has 0 radical (unpaired) electrons. The zero-order chi connectivity index (χ0) is 77.1. The van der Waals surface area contributed by atoms with Crippen LogP contribution >= 0.6 is 15.6 Å². The van der Waals surface area contributed by atoms with Gasteiger partial charge < -0.3 is 33.8 Å². The van der Waals surface area contributed by atoms with Crippen LogP contribution in [0.5, 0.6) is 0 Å². The summed E-state index contributed by atoms with van der Waals surface area (Å²) in [5.41, 5.74) is 0. The predicted molar refractivity (Wildman–Crippen MR) is 432 cm³/mol. The van der Waals surface area contributed by atoms with Crippen LogP contribution in [-0.2, 0) is 65.4 Å². The SMILES string of the molecule is CCCCCCCCCCCCCCCCCCCC(=O)OC[C@H](COP(=O)(O)OC[C@@H](O)COP(=O)(O)OC[C@@H](COC(=O)CCCCCCCCCCCCCCC)OC(=O)CCCCCCCCCCCCC(C)C)OC(=O)CCCCCCCCCCCCCCCCCCCCC(C)CC. The Morgan fingerprint density at radius 1 is 0.276 bits per heavy atom. The van der Waals surface area contributed by atoms with Crippen molar-refractivity contribution < 1.29 is 80.2 Å². The van der Waals surface area contributed by atoms with Crippen molar-refractivity contribution in [1.82, 2.24) is 0 Å². The minimum atomic E-state index is -4.97. The number of hydrogen-bond acceptors (Lipinski definition) is 15. The van der Waals surface area contributed by atoms with Gasteiger partial charge in [0, 0.05) is 25.7 Å². The van der Waals surface area contributed by atoms with E-state index in [2.05, 4.69) is 41.5 Å². The monoisotopic (exact) mass is 1540 g/mol. The van der Waals surface area contributed by atoms with Gasteiger partial charge in [0.15, 0.2) is 12.2 Å². The second-order valence-electron chi connectivity index (χ2n) is 31.6. The Bertz CT molecular complexity index is 2010. The van der Waals surface area contributed by atoms with Gasteiger partial charge in [0.1, 0.15) is 19.3 Å². The van der Waals surface area contributed by atoms with Crippen molar-refractivity contribution in [3.63, 3.8) is 0 Å². The molecule has 0 saturated carbocycles. The van der Waals surface area contributed by atoms with Crippen LogP contribution < -0.4 is 0 Å². The summed E-state index contributed by atoms with van der Waals surface area (Å²) in [4.78, 5) is 73.2. The third-order valence-electron chi connectivity index (χ3n) is 20.6. The molecule has 0 heterocycles. The van der Waals surface area contributed by atoms with Gasteiger partial charge >= 0.3 is 39.5 Å². The smallest absolute Gasteiger partial charge is 0.462 e. The van der Waals surface area contributed by atoms with Crippen molar-refractivity contribution in [3.8, 4) is 0 Å². The van der Waals surface area contributed by atoms with E-state index >= 15 is 0 Å². The summed E-state index contributed by atoms with van der Waals surface area (Å²) in [6, 6.07) is 0. The molecule has 17 nitrogen and oxygen atoms in total. The van der Waals surface area contributed by atoms with Crippen LogP contribution in [0.2, 0.25) is 0 Å². The van der Waals surface area contributed by atoms with Gasteiger partial charge in [-0.05, 0) is 37.5 Å². The fraction of sp³-hybridized carbons (Fsp3) is 0.953. The molecule has 0 aliphatic heterocycles. The molecule has 0 aliphatic rings. The van der Waals surface area contributed by atoms with Crippen LogP contribution in [0.4, 0.5) is 0 Å². The standard InChI is InChI=1S/C86H168O17P2/c1-7-10-12-14-16-18-20-22-23-26-30-34-38-45-51-57-63-69-84(89)97-74-81(102-85(90)70-64-58-52-46-39-35-31-28-25-24-27-29-33-36-43-49-55-61-67-79(6)9-3)76-100-104(92,93)98-72-80(87)73-99-105(94,95)101-77-82(103-86(91)71-65-59-53-47-41-40-42-48-54-60-66-78(4)5)75-96-83(88)68-62-56-50-44-37-32-21-19-17-15-13-11-8-2/h78-82,87H,7-77H2,1-6H3,(H,92,93)(H,94,95)/t79?,80-,81-,82-/m1/s1. The molecule has 0 aliphatic carbocycles. The molecule has 3 N–H and O–H groups in total. The molecule has 624 valence electrons. The lowest BCUT2D eigenvalue weighted by Crippen LogP contribution is -2.30. The van der Waals surface area contributed by atoms with E-state index < -0.39 is 97.5 Å². The van der Waals surface area contributed by atoms with Gasteiger partial charge in [0.2, 0.25) is 0 Å². The summed E-state index contributed by atoms with van der Waals surface area (Å²) in [6.07, 6.45) is 69.3. The van der Waals surface area contributed by atoms with E-state index in [0.29, 0.717) is 25.7 Å². The lowest BCUT2D eigenvalue weighted by atomic mass is 9.99. The molecular weight excluding hydrogens is 1370 g/mol. The Kier molecular flexibility index (Phi) is 76.0. The maximum Gasteiger partial charge on any atom is 0.472 e. The topological polar surface area (TPSA) is 237 Å². The number of esters is 4. The van der Waals surface area contributed by atoms with Crippen LogP contribution in [0.15, 0.2) is 0 Å². The van der Waals surface area contributed by atoms with E-state index in [9.17, 15) is 43.2 Å². The number of ether oxygens (including phenoxy) is 4. The highest BCUT2D eigenvalue weighted by atomic mass is 31.2. The Morgan fingerprint density at radius 2 is 0.486 bits per heavy atom. The second-order valence-corrected chi connectivity index (χ2v) is 34.6. The first-order valence-corrected chi connectivity index (χ1v) is 47.5. The highest BCUT2D eigenvalue weighted by Crippen LogP contribution is 2.45. The fourth-order valence-electron chi connectivity index (χ4n) is 13.4. The number of phosphoric ester groups is 2. The minimum absolute atomic E-state index is 0.107. The summed E-state index contributed by atoms with van der Waals surface area (Å²) in [5.74, 6) is -0.478. The maximum absolute atomic E-state index is 13.1. The summed E-state index contributed by atoms with van der Waals surface area (Å²) in [7, 11) is -9.93. The number of hydrogen-bond donors (Lipinski definition) is 3. The molecule has 0 aromatic heterocycles. The number of carbonyl (C=O) groups excluding carboxylic acids is 4. The van der Waals surface area contributed by atoms with Crippen LogP contribution in [0.3, 0.4) is 0 Å². The fourth-order valence-corrected chi connectivity index (χ4v) is 15.0. The Balaban J connectivity index is 5.24. The molecule has 0 aromatic rings. The average molecular weight is 1540 g/mol. The van der Waals surface area contributed by atoms with E-state index in [-0.39, 0.29) is 25.7 Å². The normalized spacial score (nSPS) is 14.1. The van der Waals surface area contributed by atoms with Gasteiger partial charge in [-0.1, -0.05) is 408 Å². The van der Waals surface area contributed by atoms with Gasteiger partial charge in [-0.3, -0.25) is 37.3 Å². The van der Waals surface area contributed by atoms with E-state index in [1.807, 2.05) is 0 Å². The summed E-state index contributed by atoms with van der Waals surface area (Å²) < 4.78 is 68.9. The molecule has 3 unspecified atom stereocenters. The van der Waals surface area contributed by atoms with Gasteiger partial charge in [-0.2, -0.15) is 0 Å². The Morgan fingerprint density at radius 3 is 0.724 bits per heavy atom. The number of aliphatic hydroxyl groups is 1. The van der Waals surface area contributed by atoms with Gasteiger partial charge in [-0.25, -0.2) is 9.13 Å². The van der Waals surface area contributed by atoms with Crippen LogP contribution in [0, 0.1) is 11.8 Å². The van der Waals surface area contributed by atoms with E-state index in [4.69, 9.17) is 37.0 Å². The molecule has 105 heavy (non-hydrogen) atoms. The summed E-state index contributed by atoms with van der Waals surface area (Å²) in [5, 5.41) is 10.7. The number of aliphatic hydroxyl groups excluding tert-OH is 1. The highest BCUT2D eigenvalue weighted by molar-refractivity contribution is 7.47. The lowest BCUT2D eigenvalue weighted by molar-refractivity contribution is -0.161. The van der Waals surface area contributed by atoms with E-state index in [0.717, 1.165) is 102 Å². The van der Waals surface area contributed by atoms with Crippen molar-refractivity contribution in [2.45, 2.75) is 477 Å². The first-order valence-electron chi connectivity index (χ1n) is 44.5. The molecule has 0 spiro atoms. The summed E-state index contributed by atoms with van der Waals surface area (Å²) >= 11 is 0. The molecule has 0 bridgehead atoms. The van der Waals surface area contributed by atoms with E-state index in [1.165, 1.54) is 276 Å². The molecule has 0 rings (SSSR count). The first kappa shape index (κ1) is 103. The molecule has 19 heteroatoms. The largest absolute Gasteiger partial charge is 0.472 e. The van der Waals surface area contributed by atoms with Gasteiger partial charge in [0.25, 0.3) is 0 Å². The molecule has 0 saturated heterocycles. The lowest BCUT2D eigenvalue weighted by Gasteiger charge is -2.21. The third-order valence-corrected chi connectivity index (χ3v) is 22.5. The minimum Gasteiger partial charge on any atom is -0.462 e. The van der Waals surface area contributed by atoms with Crippen LogP contribution in [0.25, 0.3) is 0 Å². The molecular formula is C86H168O17P2. The van der Waals surface area contributed by atoms with Gasteiger partial charge in [-0.15, -0.1) is 0 Å². The number of rotatable bonds is 85. The number of carbonyl (C=O) groups is 4. The molecule has 6 atom stereocenters. The number of phosphoric acid groups is 2. The maximum atomic E-state index is 13.1. The van der Waals surface area contributed by atoms with Crippen molar-refractivity contribution in [2.24, 2.45) is 11.8 Å². The van der Waals surface area contributed by atoms with Crippen molar-refractivity contribution in [3.05, 3.63) is 0 Å².